The molecule has 0 bridgehead atoms. The van der Waals surface area contributed by atoms with Crippen molar-refractivity contribution >= 4 is 28.1 Å². The number of fused-ring (bicyclic) bond motifs is 1. The minimum atomic E-state index is 0.211. The van der Waals surface area contributed by atoms with Crippen LogP contribution >= 0.6 is 0 Å². The Morgan fingerprint density at radius 3 is 2.11 bits per heavy atom. The molecule has 0 saturated heterocycles. The van der Waals surface area contributed by atoms with Crippen LogP contribution in [0.5, 0.6) is 0 Å². The van der Waals surface area contributed by atoms with Gasteiger partial charge < -0.3 is 5.73 Å². The highest BCUT2D eigenvalue weighted by molar-refractivity contribution is 6.12. The van der Waals surface area contributed by atoms with E-state index in [4.69, 9.17) is 11.1 Å². The molecule has 3 aromatic carbocycles. The molecule has 5 heteroatoms. The number of aromatic nitrogens is 3. The third kappa shape index (κ3) is 3.39. The number of benzene rings is 3. The van der Waals surface area contributed by atoms with E-state index >= 15 is 0 Å². The molecule has 0 fully saturated rings. The topological polar surface area (TPSA) is 80.6 Å². The summed E-state index contributed by atoms with van der Waals surface area (Å²) in [7, 11) is 0. The van der Waals surface area contributed by atoms with Crippen molar-refractivity contribution in [2.45, 2.75) is 0 Å². The monoisotopic (exact) mass is 363 g/mol. The van der Waals surface area contributed by atoms with E-state index in [9.17, 15) is 0 Å². The summed E-state index contributed by atoms with van der Waals surface area (Å²) >= 11 is 0. The van der Waals surface area contributed by atoms with E-state index in [1.165, 1.54) is 0 Å². The minimum Gasteiger partial charge on any atom is -0.396 e. The number of nitrogens with one attached hydrogen (secondary N) is 1. The lowest BCUT2D eigenvalue weighted by Gasteiger charge is -2.08. The Bertz CT molecular complexity index is 1230. The molecule has 0 atom stereocenters. The van der Waals surface area contributed by atoms with Crippen molar-refractivity contribution in [2.24, 2.45) is 5.73 Å². The fourth-order valence-corrected chi connectivity index (χ4v) is 2.82. The van der Waals surface area contributed by atoms with Crippen LogP contribution in [-0.4, -0.2) is 20.7 Å². The lowest BCUT2D eigenvalue weighted by atomic mass is 10.1. The van der Waals surface area contributed by atoms with Crippen LogP contribution < -0.4 is 5.73 Å². The SMILES string of the molecule is N=C(C#C/C(=C(/N)c1ccccc1)n1nnc2ccccc21)c1ccccc1. The van der Waals surface area contributed by atoms with E-state index in [0.29, 0.717) is 11.4 Å². The summed E-state index contributed by atoms with van der Waals surface area (Å²) in [5.41, 5.74) is 10.8. The summed E-state index contributed by atoms with van der Waals surface area (Å²) in [6.07, 6.45) is 0. The van der Waals surface area contributed by atoms with Crippen LogP contribution in [0.3, 0.4) is 0 Å². The second kappa shape index (κ2) is 7.60. The van der Waals surface area contributed by atoms with Crippen LogP contribution in [0.25, 0.3) is 22.4 Å². The predicted octanol–water partition coefficient (Wildman–Crippen LogP) is 3.79. The average molecular weight is 363 g/mol. The molecular formula is C23H17N5. The Labute approximate surface area is 162 Å². The first-order valence-electron chi connectivity index (χ1n) is 8.76. The van der Waals surface area contributed by atoms with Crippen molar-refractivity contribution in [3.8, 4) is 11.8 Å². The second-order valence-corrected chi connectivity index (χ2v) is 6.11. The van der Waals surface area contributed by atoms with Crippen LogP contribution in [0.1, 0.15) is 11.1 Å². The van der Waals surface area contributed by atoms with Gasteiger partial charge in [-0.05, 0) is 24.0 Å². The van der Waals surface area contributed by atoms with Crippen molar-refractivity contribution in [1.29, 1.82) is 5.41 Å². The van der Waals surface area contributed by atoms with Gasteiger partial charge in [0.05, 0.1) is 11.2 Å². The standard InChI is InChI=1S/C23H17N5/c24-19(17-9-3-1-4-10-17)15-16-22(23(25)18-11-5-2-6-12-18)28-21-14-8-7-13-20(21)26-27-28/h1-14,24H,25H2/b23-22-,24-19?. The molecule has 5 nitrogen and oxygen atoms in total. The normalized spacial score (nSPS) is 11.4. The highest BCUT2D eigenvalue weighted by atomic mass is 15.4. The molecule has 0 spiro atoms. The molecule has 0 saturated carbocycles. The molecule has 1 heterocycles. The maximum atomic E-state index is 8.27. The highest BCUT2D eigenvalue weighted by Crippen LogP contribution is 2.20. The molecule has 0 radical (unpaired) electrons. The van der Waals surface area contributed by atoms with Gasteiger partial charge in [-0.15, -0.1) is 5.10 Å². The van der Waals surface area contributed by atoms with Gasteiger partial charge in [0, 0.05) is 11.1 Å². The Hall–Kier alpha value is -4.17. The van der Waals surface area contributed by atoms with Gasteiger partial charge in [0.15, 0.2) is 0 Å². The number of allylic oxidation sites excluding steroid dienone is 1. The van der Waals surface area contributed by atoms with Gasteiger partial charge in [0.25, 0.3) is 0 Å². The number of nitrogens with two attached hydrogens (primary N) is 1. The Balaban J connectivity index is 1.86. The van der Waals surface area contributed by atoms with Crippen molar-refractivity contribution < 1.29 is 0 Å². The van der Waals surface area contributed by atoms with E-state index in [-0.39, 0.29) is 5.71 Å². The first kappa shape index (κ1) is 17.3. The van der Waals surface area contributed by atoms with Crippen LogP contribution in [0, 0.1) is 17.3 Å². The molecule has 0 aliphatic heterocycles. The Morgan fingerprint density at radius 2 is 1.39 bits per heavy atom. The first-order valence-corrected chi connectivity index (χ1v) is 8.76. The molecule has 0 amide bonds. The van der Waals surface area contributed by atoms with E-state index in [1.807, 2.05) is 84.9 Å². The highest BCUT2D eigenvalue weighted by Gasteiger charge is 2.12. The number of para-hydroxylation sites is 1. The van der Waals surface area contributed by atoms with Gasteiger partial charge in [-0.3, -0.25) is 5.41 Å². The molecule has 4 aromatic rings. The second-order valence-electron chi connectivity index (χ2n) is 6.11. The fourth-order valence-electron chi connectivity index (χ4n) is 2.82. The van der Waals surface area contributed by atoms with Crippen LogP contribution in [0.2, 0.25) is 0 Å². The van der Waals surface area contributed by atoms with Gasteiger partial charge in [-0.2, -0.15) is 0 Å². The van der Waals surface area contributed by atoms with Crippen molar-refractivity contribution in [1.82, 2.24) is 15.0 Å². The lowest BCUT2D eigenvalue weighted by molar-refractivity contribution is 0.848. The van der Waals surface area contributed by atoms with Gasteiger partial charge in [0.2, 0.25) is 0 Å². The van der Waals surface area contributed by atoms with E-state index in [0.717, 1.165) is 22.2 Å². The fraction of sp³-hybridized carbons (Fsp3) is 0. The minimum absolute atomic E-state index is 0.211. The number of nitrogens with zero attached hydrogens (tertiary/aromatic N) is 3. The van der Waals surface area contributed by atoms with Crippen molar-refractivity contribution in [3.63, 3.8) is 0 Å². The van der Waals surface area contributed by atoms with Crippen LogP contribution in [-0.2, 0) is 0 Å². The van der Waals surface area contributed by atoms with Gasteiger partial charge in [0.1, 0.15) is 16.9 Å². The molecule has 0 aliphatic rings. The van der Waals surface area contributed by atoms with E-state index in [2.05, 4.69) is 22.2 Å². The lowest BCUT2D eigenvalue weighted by Crippen LogP contribution is -2.08. The molecule has 28 heavy (non-hydrogen) atoms. The Kier molecular flexibility index (Phi) is 4.68. The summed E-state index contributed by atoms with van der Waals surface area (Å²) < 4.78 is 1.63. The zero-order chi connectivity index (χ0) is 19.3. The molecule has 0 aliphatic carbocycles. The zero-order valence-electron chi connectivity index (χ0n) is 15.0. The number of hydrogen-bond acceptors (Lipinski definition) is 4. The molecule has 134 valence electrons. The van der Waals surface area contributed by atoms with Crippen LogP contribution in [0.4, 0.5) is 0 Å². The number of rotatable bonds is 3. The zero-order valence-corrected chi connectivity index (χ0v) is 15.0. The summed E-state index contributed by atoms with van der Waals surface area (Å²) in [6.45, 7) is 0. The largest absolute Gasteiger partial charge is 0.396 e. The van der Waals surface area contributed by atoms with E-state index < -0.39 is 0 Å². The van der Waals surface area contributed by atoms with Crippen LogP contribution in [0.15, 0.2) is 84.9 Å². The smallest absolute Gasteiger partial charge is 0.141 e. The third-order valence-corrected chi connectivity index (χ3v) is 4.27. The maximum absolute atomic E-state index is 8.27. The Morgan fingerprint density at radius 1 is 0.786 bits per heavy atom. The predicted molar refractivity (Wildman–Crippen MR) is 112 cm³/mol. The van der Waals surface area contributed by atoms with Gasteiger partial charge in [-0.1, -0.05) is 78.0 Å². The van der Waals surface area contributed by atoms with E-state index in [1.54, 1.807) is 4.68 Å². The summed E-state index contributed by atoms with van der Waals surface area (Å²) in [5, 5.41) is 16.7. The van der Waals surface area contributed by atoms with Crippen molar-refractivity contribution in [2.75, 3.05) is 0 Å². The summed E-state index contributed by atoms with van der Waals surface area (Å²) in [6, 6.07) is 26.6. The molecular weight excluding hydrogens is 346 g/mol. The quantitative estimate of drug-likeness (QED) is 0.429. The average Bonchev–Trinajstić information content (AvgIpc) is 3.19. The van der Waals surface area contributed by atoms with Crippen molar-refractivity contribution in [3.05, 3.63) is 96.1 Å². The molecule has 1 aromatic heterocycles. The maximum Gasteiger partial charge on any atom is 0.141 e. The molecule has 3 N–H and O–H groups in total. The first-order chi connectivity index (χ1) is 13.7. The summed E-state index contributed by atoms with van der Waals surface area (Å²) in [4.78, 5) is 0. The van der Waals surface area contributed by atoms with Gasteiger partial charge >= 0.3 is 0 Å². The third-order valence-electron chi connectivity index (χ3n) is 4.27. The van der Waals surface area contributed by atoms with Gasteiger partial charge in [-0.25, -0.2) is 4.68 Å². The summed E-state index contributed by atoms with van der Waals surface area (Å²) in [5.74, 6) is 5.96. The molecule has 4 rings (SSSR count). The molecule has 0 unspecified atom stereocenters. The number of hydrogen-bond donors (Lipinski definition) is 2.